The van der Waals surface area contributed by atoms with Crippen LogP contribution in [-0.4, -0.2) is 12.9 Å². The van der Waals surface area contributed by atoms with Gasteiger partial charge in [0.2, 0.25) is 0 Å². The number of benzene rings is 1. The van der Waals surface area contributed by atoms with E-state index in [1.54, 1.807) is 0 Å². The predicted octanol–water partition coefficient (Wildman–Crippen LogP) is 5.15. The van der Waals surface area contributed by atoms with E-state index in [1.807, 2.05) is 26.0 Å². The van der Waals surface area contributed by atoms with Gasteiger partial charge in [0, 0.05) is 12.5 Å². The summed E-state index contributed by atoms with van der Waals surface area (Å²) in [5, 5.41) is 0. The molecule has 0 bridgehead atoms. The van der Waals surface area contributed by atoms with E-state index in [-0.39, 0.29) is 6.29 Å². The fourth-order valence-electron chi connectivity index (χ4n) is 2.26. The maximum absolute atomic E-state index is 5.69. The van der Waals surface area contributed by atoms with Crippen molar-refractivity contribution in [1.82, 2.24) is 0 Å². The zero-order valence-electron chi connectivity index (χ0n) is 13.6. The molecule has 0 aliphatic heterocycles. The van der Waals surface area contributed by atoms with Crippen molar-refractivity contribution >= 4 is 0 Å². The quantitative estimate of drug-likeness (QED) is 0.506. The lowest BCUT2D eigenvalue weighted by Crippen LogP contribution is -2.15. The molecule has 0 spiro atoms. The smallest absolute Gasteiger partial charge is 0.196 e. The van der Waals surface area contributed by atoms with E-state index >= 15 is 0 Å². The predicted molar refractivity (Wildman–Crippen MR) is 85.2 cm³/mol. The van der Waals surface area contributed by atoms with Crippen LogP contribution in [0.25, 0.3) is 0 Å². The minimum absolute atomic E-state index is 0.204. The number of hydrogen-bond acceptors (Lipinski definition) is 2. The molecule has 0 saturated heterocycles. The Labute approximate surface area is 123 Å². The zero-order chi connectivity index (χ0) is 15.1. The van der Waals surface area contributed by atoms with Crippen molar-refractivity contribution in [1.29, 1.82) is 0 Å². The summed E-state index contributed by atoms with van der Waals surface area (Å²) >= 11 is 0. The fraction of sp³-hybridized carbons (Fsp3) is 0.556. The third-order valence-electron chi connectivity index (χ3n) is 3.20. The topological polar surface area (TPSA) is 18.5 Å². The number of ether oxygens (including phenoxy) is 2. The van der Waals surface area contributed by atoms with Gasteiger partial charge in [0.25, 0.3) is 0 Å². The van der Waals surface area contributed by atoms with Crippen LogP contribution in [0.5, 0.6) is 5.75 Å². The summed E-state index contributed by atoms with van der Waals surface area (Å²) in [6.07, 6.45) is 2.13. The van der Waals surface area contributed by atoms with Gasteiger partial charge in [0.15, 0.2) is 6.29 Å². The van der Waals surface area contributed by atoms with Crippen molar-refractivity contribution in [3.8, 4) is 5.75 Å². The van der Waals surface area contributed by atoms with E-state index in [4.69, 9.17) is 9.47 Å². The highest BCUT2D eigenvalue weighted by molar-refractivity contribution is 5.32. The fourth-order valence-corrected chi connectivity index (χ4v) is 2.26. The first-order chi connectivity index (χ1) is 9.43. The molecular weight excluding hydrogens is 248 g/mol. The van der Waals surface area contributed by atoms with Gasteiger partial charge in [-0.25, -0.2) is 0 Å². The molecule has 1 aromatic carbocycles. The lowest BCUT2D eigenvalue weighted by molar-refractivity contribution is -0.0613. The monoisotopic (exact) mass is 276 g/mol. The molecule has 0 heterocycles. The van der Waals surface area contributed by atoms with Crippen molar-refractivity contribution < 1.29 is 9.47 Å². The van der Waals surface area contributed by atoms with Gasteiger partial charge in [0.05, 0.1) is 0 Å². The average Bonchev–Trinajstić information content (AvgIpc) is 2.37. The van der Waals surface area contributed by atoms with Crippen molar-refractivity contribution in [2.24, 2.45) is 5.92 Å². The van der Waals surface area contributed by atoms with Crippen LogP contribution in [-0.2, 0) is 4.74 Å². The molecule has 112 valence electrons. The first-order valence-corrected chi connectivity index (χ1v) is 7.47. The molecule has 0 N–H and O–H groups in total. The van der Waals surface area contributed by atoms with Gasteiger partial charge in [-0.2, -0.15) is 0 Å². The molecule has 2 atom stereocenters. The molecule has 2 unspecified atom stereocenters. The maximum Gasteiger partial charge on any atom is 0.196 e. The van der Waals surface area contributed by atoms with Crippen molar-refractivity contribution in [3.63, 3.8) is 0 Å². The number of rotatable bonds is 7. The normalized spacial score (nSPS) is 13.9. The van der Waals surface area contributed by atoms with E-state index in [1.165, 1.54) is 11.1 Å². The highest BCUT2D eigenvalue weighted by Crippen LogP contribution is 2.28. The minimum atomic E-state index is -0.204. The molecule has 0 aromatic heterocycles. The SMILES string of the molecule is CCOC(C)Oc1ccc(C(C=C(C)C)C(C)C)cc1. The molecule has 20 heavy (non-hydrogen) atoms. The van der Waals surface area contributed by atoms with Crippen LogP contribution in [0, 0.1) is 5.92 Å². The first kappa shape index (κ1) is 16.8. The van der Waals surface area contributed by atoms with Gasteiger partial charge < -0.3 is 9.47 Å². The minimum Gasteiger partial charge on any atom is -0.465 e. The third kappa shape index (κ3) is 5.38. The Bertz CT molecular complexity index is 414. The summed E-state index contributed by atoms with van der Waals surface area (Å²) in [4.78, 5) is 0. The van der Waals surface area contributed by atoms with Gasteiger partial charge in [0.1, 0.15) is 5.75 Å². The Morgan fingerprint density at radius 1 is 1.10 bits per heavy atom. The van der Waals surface area contributed by atoms with Crippen molar-refractivity contribution in [3.05, 3.63) is 41.5 Å². The second-order valence-corrected chi connectivity index (χ2v) is 5.72. The molecule has 0 fully saturated rings. The van der Waals surface area contributed by atoms with E-state index in [0.717, 1.165) is 5.75 Å². The molecule has 1 aromatic rings. The summed E-state index contributed by atoms with van der Waals surface area (Å²) in [5.41, 5.74) is 2.69. The van der Waals surface area contributed by atoms with Gasteiger partial charge in [-0.3, -0.25) is 0 Å². The summed E-state index contributed by atoms with van der Waals surface area (Å²) in [6.45, 7) is 13.4. The standard InChI is InChI=1S/C18H28O2/c1-7-19-15(6)20-17-10-8-16(9-11-17)18(14(4)5)12-13(2)3/h8-12,14-15,18H,7H2,1-6H3. The van der Waals surface area contributed by atoms with E-state index in [0.29, 0.717) is 18.4 Å². The second kappa shape index (κ2) is 8.11. The van der Waals surface area contributed by atoms with Crippen LogP contribution < -0.4 is 4.74 Å². The molecular formula is C18H28O2. The van der Waals surface area contributed by atoms with Crippen LogP contribution in [0.4, 0.5) is 0 Å². The van der Waals surface area contributed by atoms with Gasteiger partial charge in [-0.15, -0.1) is 0 Å². The lowest BCUT2D eigenvalue weighted by atomic mass is 9.87. The first-order valence-electron chi connectivity index (χ1n) is 7.47. The van der Waals surface area contributed by atoms with Gasteiger partial charge in [-0.1, -0.05) is 37.6 Å². The average molecular weight is 276 g/mol. The molecule has 0 saturated carbocycles. The second-order valence-electron chi connectivity index (χ2n) is 5.72. The Morgan fingerprint density at radius 2 is 1.70 bits per heavy atom. The summed E-state index contributed by atoms with van der Waals surface area (Å²) in [7, 11) is 0. The van der Waals surface area contributed by atoms with Crippen LogP contribution in [0.1, 0.15) is 53.0 Å². The molecule has 1 rings (SSSR count). The van der Waals surface area contributed by atoms with Crippen molar-refractivity contribution in [2.75, 3.05) is 6.61 Å². The number of allylic oxidation sites excluding steroid dienone is 2. The van der Waals surface area contributed by atoms with Crippen LogP contribution in [0.3, 0.4) is 0 Å². The van der Waals surface area contributed by atoms with Crippen LogP contribution >= 0.6 is 0 Å². The van der Waals surface area contributed by atoms with E-state index in [2.05, 4.69) is 45.9 Å². The molecule has 0 aliphatic rings. The molecule has 0 aliphatic carbocycles. The molecule has 0 amide bonds. The van der Waals surface area contributed by atoms with Crippen LogP contribution in [0.15, 0.2) is 35.9 Å². The lowest BCUT2D eigenvalue weighted by Gasteiger charge is -2.19. The largest absolute Gasteiger partial charge is 0.465 e. The third-order valence-corrected chi connectivity index (χ3v) is 3.20. The van der Waals surface area contributed by atoms with E-state index in [9.17, 15) is 0 Å². The Balaban J connectivity index is 2.81. The van der Waals surface area contributed by atoms with Gasteiger partial charge in [-0.05, 0) is 51.3 Å². The van der Waals surface area contributed by atoms with Gasteiger partial charge >= 0.3 is 0 Å². The Hall–Kier alpha value is -1.28. The Kier molecular flexibility index (Phi) is 6.80. The summed E-state index contributed by atoms with van der Waals surface area (Å²) < 4.78 is 11.1. The van der Waals surface area contributed by atoms with Crippen LogP contribution in [0.2, 0.25) is 0 Å². The summed E-state index contributed by atoms with van der Waals surface area (Å²) in [5.74, 6) is 1.90. The maximum atomic E-state index is 5.69. The number of hydrogen-bond donors (Lipinski definition) is 0. The highest BCUT2D eigenvalue weighted by Gasteiger charge is 2.13. The molecule has 0 radical (unpaired) electrons. The molecule has 2 nitrogen and oxygen atoms in total. The molecule has 2 heteroatoms. The van der Waals surface area contributed by atoms with Crippen molar-refractivity contribution in [2.45, 2.75) is 53.8 Å². The highest BCUT2D eigenvalue weighted by atomic mass is 16.7. The zero-order valence-corrected chi connectivity index (χ0v) is 13.6. The van der Waals surface area contributed by atoms with E-state index < -0.39 is 0 Å². The Morgan fingerprint density at radius 3 is 2.15 bits per heavy atom. The summed E-state index contributed by atoms with van der Waals surface area (Å²) in [6, 6.07) is 8.36.